The van der Waals surface area contributed by atoms with Crippen LogP contribution >= 0.6 is 18.9 Å². The first-order chi connectivity index (χ1) is 13.2. The molecule has 160 valence electrons. The number of ether oxygens (including phenoxy) is 1. The molecule has 4 N–H and O–H groups in total. The van der Waals surface area contributed by atoms with Gasteiger partial charge in [0.25, 0.3) is 0 Å². The molecule has 11 heteroatoms. The summed E-state index contributed by atoms with van der Waals surface area (Å²) in [6, 6.07) is 2.73. The van der Waals surface area contributed by atoms with E-state index in [1.54, 1.807) is 27.7 Å². The molecule has 29 heavy (non-hydrogen) atoms. The minimum Gasteiger partial charge on any atom is -0.465 e. The van der Waals surface area contributed by atoms with Crippen LogP contribution in [0.5, 0.6) is 0 Å². The van der Waals surface area contributed by atoms with Crippen LogP contribution in [-0.2, 0) is 14.1 Å². The van der Waals surface area contributed by atoms with E-state index < -0.39 is 24.4 Å². The van der Waals surface area contributed by atoms with E-state index in [1.807, 2.05) is 0 Å². The van der Waals surface area contributed by atoms with E-state index in [0.29, 0.717) is 4.88 Å². The van der Waals surface area contributed by atoms with Crippen LogP contribution < -0.4 is 16.3 Å². The summed E-state index contributed by atoms with van der Waals surface area (Å²) in [5, 5.41) is 2.58. The molecular weight excluding hydrogens is 417 g/mol. The molecule has 2 rings (SSSR count). The second-order valence-corrected chi connectivity index (χ2v) is 10.8. The summed E-state index contributed by atoms with van der Waals surface area (Å²) in [6.07, 6.45) is 0. The maximum absolute atomic E-state index is 12.8. The molecule has 0 aliphatic carbocycles. The van der Waals surface area contributed by atoms with E-state index >= 15 is 0 Å². The number of hydrogen-bond donors (Lipinski definition) is 3. The normalized spacial score (nSPS) is 14.4. The van der Waals surface area contributed by atoms with Crippen LogP contribution in [0.25, 0.3) is 11.5 Å². The topological polar surface area (TPSA) is 145 Å². The third kappa shape index (κ3) is 5.14. The van der Waals surface area contributed by atoms with Gasteiger partial charge in [0.2, 0.25) is 5.50 Å². The van der Waals surface area contributed by atoms with Crippen LogP contribution in [0.1, 0.15) is 51.2 Å². The van der Waals surface area contributed by atoms with Crippen LogP contribution in [0.2, 0.25) is 0 Å². The van der Waals surface area contributed by atoms with Crippen molar-refractivity contribution in [3.05, 3.63) is 17.0 Å². The number of aromatic nitrogens is 1. The summed E-state index contributed by atoms with van der Waals surface area (Å²) in [6.45, 7) is 9.95. The lowest BCUT2D eigenvalue weighted by Crippen LogP contribution is -2.47. The highest BCUT2D eigenvalue weighted by Crippen LogP contribution is 2.41. The van der Waals surface area contributed by atoms with Gasteiger partial charge in [-0.05, 0) is 32.9 Å². The monoisotopic (exact) mass is 443 g/mol. The number of nitrogens with two attached hydrogens (primary N) is 1. The first-order valence-electron chi connectivity index (χ1n) is 8.90. The van der Waals surface area contributed by atoms with Crippen molar-refractivity contribution < 1.29 is 28.2 Å². The highest BCUT2D eigenvalue weighted by atomic mass is 32.1. The SMILES string of the molecule is CCOC(=O)C(C)(C)NP(=O)(O)c1ccc(-c2nc(N)sc2C(=O)C(C)(C)C)o1. The number of furan rings is 1. The molecule has 0 bridgehead atoms. The van der Waals surface area contributed by atoms with Gasteiger partial charge in [-0.1, -0.05) is 32.1 Å². The van der Waals surface area contributed by atoms with E-state index in [4.69, 9.17) is 14.9 Å². The number of anilines is 1. The van der Waals surface area contributed by atoms with E-state index in [2.05, 4.69) is 10.1 Å². The number of nitrogen functional groups attached to an aromatic ring is 1. The number of nitrogens with zero attached hydrogens (tertiary/aromatic N) is 1. The summed E-state index contributed by atoms with van der Waals surface area (Å²) in [5.41, 5.74) is 3.62. The lowest BCUT2D eigenvalue weighted by Gasteiger charge is -2.25. The van der Waals surface area contributed by atoms with Crippen molar-refractivity contribution in [2.24, 2.45) is 5.41 Å². The number of nitrogens with one attached hydrogen (secondary N) is 1. The Balaban J connectivity index is 2.38. The Bertz CT molecular complexity index is 973. The average molecular weight is 443 g/mol. The Morgan fingerprint density at radius 1 is 1.31 bits per heavy atom. The van der Waals surface area contributed by atoms with Crippen molar-refractivity contribution in [1.29, 1.82) is 0 Å². The highest BCUT2D eigenvalue weighted by molar-refractivity contribution is 7.63. The summed E-state index contributed by atoms with van der Waals surface area (Å²) in [7, 11) is -4.27. The van der Waals surface area contributed by atoms with Gasteiger partial charge in [0.05, 0.1) is 6.61 Å². The van der Waals surface area contributed by atoms with Crippen molar-refractivity contribution >= 4 is 41.2 Å². The summed E-state index contributed by atoms with van der Waals surface area (Å²) >= 11 is 1.03. The van der Waals surface area contributed by atoms with E-state index in [9.17, 15) is 19.0 Å². The number of thiazole rings is 1. The van der Waals surface area contributed by atoms with Gasteiger partial charge in [-0.25, -0.2) is 10.1 Å². The molecule has 2 aromatic rings. The minimum absolute atomic E-state index is 0.130. The van der Waals surface area contributed by atoms with Gasteiger partial charge in [-0.2, -0.15) is 0 Å². The van der Waals surface area contributed by atoms with Crippen LogP contribution in [0.3, 0.4) is 0 Å². The lowest BCUT2D eigenvalue weighted by molar-refractivity contribution is -0.149. The zero-order valence-corrected chi connectivity index (χ0v) is 18.9. The second kappa shape index (κ2) is 8.02. The average Bonchev–Trinajstić information content (AvgIpc) is 3.19. The Hall–Kier alpha value is -2.00. The molecule has 2 aromatic heterocycles. The first kappa shape index (κ1) is 23.3. The fourth-order valence-electron chi connectivity index (χ4n) is 2.41. The van der Waals surface area contributed by atoms with Crippen LogP contribution in [-0.4, -0.2) is 33.8 Å². The summed E-state index contributed by atoms with van der Waals surface area (Å²) in [4.78, 5) is 39.6. The highest BCUT2D eigenvalue weighted by Gasteiger charge is 2.39. The third-order valence-electron chi connectivity index (χ3n) is 3.87. The molecule has 0 saturated heterocycles. The van der Waals surface area contributed by atoms with E-state index in [-0.39, 0.29) is 34.5 Å². The van der Waals surface area contributed by atoms with Gasteiger partial charge >= 0.3 is 13.5 Å². The van der Waals surface area contributed by atoms with Crippen molar-refractivity contribution in [2.75, 3.05) is 12.3 Å². The number of rotatable bonds is 7. The maximum Gasteiger partial charge on any atom is 0.332 e. The van der Waals surface area contributed by atoms with Crippen LogP contribution in [0.4, 0.5) is 5.13 Å². The molecule has 0 amide bonds. The molecule has 1 atom stereocenters. The quantitative estimate of drug-likeness (QED) is 0.334. The Labute approximate surface area is 173 Å². The minimum atomic E-state index is -4.27. The molecule has 0 spiro atoms. The number of esters is 1. The Kier molecular flexibility index (Phi) is 6.44. The zero-order valence-electron chi connectivity index (χ0n) is 17.2. The van der Waals surface area contributed by atoms with Crippen LogP contribution in [0, 0.1) is 5.41 Å². The predicted molar refractivity (Wildman–Crippen MR) is 111 cm³/mol. The number of Topliss-reactive ketones (excluding diaryl/α,β-unsaturated/α-hetero) is 1. The van der Waals surface area contributed by atoms with Crippen LogP contribution in [0.15, 0.2) is 16.5 Å². The molecule has 0 fully saturated rings. The van der Waals surface area contributed by atoms with Crippen molar-refractivity contribution in [3.8, 4) is 11.5 Å². The van der Waals surface area contributed by atoms with Gasteiger partial charge < -0.3 is 19.8 Å². The molecule has 0 saturated carbocycles. The Morgan fingerprint density at radius 2 is 1.93 bits per heavy atom. The standard InChI is InChI=1S/C18H26N3O6PS/c1-7-26-15(23)18(5,6)21-28(24,25)11-9-8-10(27-11)12-13(29-16(19)20-12)14(22)17(2,3)4/h8-9H,7H2,1-6H3,(H2,19,20)(H2,21,24,25). The number of ketones is 1. The smallest absolute Gasteiger partial charge is 0.332 e. The maximum atomic E-state index is 12.8. The predicted octanol–water partition coefficient (Wildman–Crippen LogP) is 2.96. The van der Waals surface area contributed by atoms with Crippen molar-refractivity contribution in [1.82, 2.24) is 10.1 Å². The molecule has 0 aliphatic rings. The van der Waals surface area contributed by atoms with Crippen molar-refractivity contribution in [3.63, 3.8) is 0 Å². The largest absolute Gasteiger partial charge is 0.465 e. The van der Waals surface area contributed by atoms with Gasteiger partial charge in [0, 0.05) is 5.41 Å². The summed E-state index contributed by atoms with van der Waals surface area (Å²) < 4.78 is 23.3. The van der Waals surface area contributed by atoms with Crippen molar-refractivity contribution in [2.45, 2.75) is 47.1 Å². The lowest BCUT2D eigenvalue weighted by atomic mass is 9.89. The molecule has 2 heterocycles. The molecule has 1 unspecified atom stereocenters. The first-order valence-corrected chi connectivity index (χ1v) is 11.4. The van der Waals surface area contributed by atoms with Gasteiger partial charge in [0.1, 0.15) is 16.1 Å². The number of hydrogen-bond acceptors (Lipinski definition) is 8. The van der Waals surface area contributed by atoms with E-state index in [1.165, 1.54) is 26.0 Å². The molecule has 9 nitrogen and oxygen atoms in total. The molecule has 0 radical (unpaired) electrons. The Morgan fingerprint density at radius 3 is 2.48 bits per heavy atom. The molecular formula is C18H26N3O6PS. The third-order valence-corrected chi connectivity index (χ3v) is 6.46. The molecule has 0 aliphatic heterocycles. The number of carbonyl (C=O) groups excluding carboxylic acids is 2. The van der Waals surface area contributed by atoms with Gasteiger partial charge in [0.15, 0.2) is 16.7 Å². The molecule has 0 aromatic carbocycles. The fourth-order valence-corrected chi connectivity index (χ4v) is 4.85. The van der Waals surface area contributed by atoms with Gasteiger partial charge in [-0.3, -0.25) is 14.2 Å². The summed E-state index contributed by atoms with van der Waals surface area (Å²) in [5.74, 6) is -0.717. The second-order valence-electron chi connectivity index (χ2n) is 7.98. The number of carbonyl (C=O) groups is 2. The van der Waals surface area contributed by atoms with Gasteiger partial charge in [-0.15, -0.1) is 0 Å². The van der Waals surface area contributed by atoms with E-state index in [0.717, 1.165) is 11.3 Å². The zero-order chi connectivity index (χ0) is 22.2. The fraction of sp³-hybridized carbons (Fsp3) is 0.500.